The summed E-state index contributed by atoms with van der Waals surface area (Å²) in [5, 5.41) is 2.43. The van der Waals surface area contributed by atoms with Gasteiger partial charge in [0, 0.05) is 36.8 Å². The van der Waals surface area contributed by atoms with Crippen molar-refractivity contribution in [3.8, 4) is 5.69 Å². The summed E-state index contributed by atoms with van der Waals surface area (Å²) in [6.45, 7) is 6.59. The van der Waals surface area contributed by atoms with Gasteiger partial charge in [-0.3, -0.25) is 19.0 Å². The molecule has 0 aliphatic heterocycles. The van der Waals surface area contributed by atoms with Gasteiger partial charge in [0.15, 0.2) is 9.84 Å². The highest BCUT2D eigenvalue weighted by Crippen LogP contribution is 2.31. The second-order valence-electron chi connectivity index (χ2n) is 10.3. The van der Waals surface area contributed by atoms with E-state index >= 15 is 0 Å². The van der Waals surface area contributed by atoms with Crippen molar-refractivity contribution in [1.82, 2.24) is 14.8 Å². The zero-order valence-corrected chi connectivity index (χ0v) is 23.7. The summed E-state index contributed by atoms with van der Waals surface area (Å²) in [5.41, 5.74) is -2.74. The van der Waals surface area contributed by atoms with Crippen molar-refractivity contribution in [2.45, 2.75) is 50.9 Å². The number of carbonyl (C=O) groups is 2. The maximum absolute atomic E-state index is 13.9. The summed E-state index contributed by atoms with van der Waals surface area (Å²) in [7, 11) is -2.09. The highest BCUT2D eigenvalue weighted by molar-refractivity contribution is 7.90. The van der Waals surface area contributed by atoms with E-state index in [0.717, 1.165) is 35.1 Å². The maximum Gasteiger partial charge on any atom is 0.416 e. The van der Waals surface area contributed by atoms with E-state index in [1.54, 1.807) is 32.9 Å². The summed E-state index contributed by atoms with van der Waals surface area (Å²) >= 11 is 0. The van der Waals surface area contributed by atoms with Crippen LogP contribution >= 0.6 is 0 Å². The molecule has 0 aliphatic carbocycles. The number of amides is 2. The number of hydrogen-bond acceptors (Lipinski definition) is 5. The Morgan fingerprint density at radius 3 is 2.08 bits per heavy atom. The van der Waals surface area contributed by atoms with Gasteiger partial charge in [0.1, 0.15) is 5.56 Å². The van der Waals surface area contributed by atoms with Gasteiger partial charge in [0.2, 0.25) is 0 Å². The van der Waals surface area contributed by atoms with Crippen LogP contribution in [0.25, 0.3) is 5.69 Å². The van der Waals surface area contributed by atoms with Crippen LogP contribution in [-0.2, 0) is 22.6 Å². The van der Waals surface area contributed by atoms with E-state index in [9.17, 15) is 36.0 Å². The van der Waals surface area contributed by atoms with Crippen LogP contribution in [0.3, 0.4) is 0 Å². The largest absolute Gasteiger partial charge is 0.416 e. The molecule has 8 nitrogen and oxygen atoms in total. The summed E-state index contributed by atoms with van der Waals surface area (Å²) < 4.78 is 64.9. The second-order valence-corrected chi connectivity index (χ2v) is 12.3. The topological polar surface area (TPSA) is 106 Å². The molecular formula is C28H30F3N3O5S. The fraction of sp³-hybridized carbons (Fsp3) is 0.321. The lowest BCUT2D eigenvalue weighted by atomic mass is 10.0. The first-order chi connectivity index (χ1) is 18.4. The van der Waals surface area contributed by atoms with E-state index in [4.69, 9.17) is 0 Å². The summed E-state index contributed by atoms with van der Waals surface area (Å²) in [4.78, 5) is 41.9. The molecule has 0 spiro atoms. The van der Waals surface area contributed by atoms with E-state index in [-0.39, 0.29) is 28.4 Å². The van der Waals surface area contributed by atoms with Gasteiger partial charge in [0.05, 0.1) is 16.0 Å². The molecule has 0 unspecified atom stereocenters. The van der Waals surface area contributed by atoms with Gasteiger partial charge in [-0.2, -0.15) is 13.2 Å². The molecule has 1 N–H and O–H groups in total. The molecule has 0 radical (unpaired) electrons. The Balaban J connectivity index is 2.22. The van der Waals surface area contributed by atoms with E-state index in [1.807, 2.05) is 0 Å². The van der Waals surface area contributed by atoms with E-state index < -0.39 is 50.1 Å². The Labute approximate surface area is 230 Å². The van der Waals surface area contributed by atoms with Crippen molar-refractivity contribution < 1.29 is 31.2 Å². The zero-order valence-electron chi connectivity index (χ0n) is 22.9. The Bertz CT molecular complexity index is 1620. The van der Waals surface area contributed by atoms with Crippen LogP contribution in [0.1, 0.15) is 58.3 Å². The van der Waals surface area contributed by atoms with Gasteiger partial charge in [-0.25, -0.2) is 8.42 Å². The average Bonchev–Trinajstić information content (AvgIpc) is 2.85. The van der Waals surface area contributed by atoms with Crippen molar-refractivity contribution >= 4 is 21.7 Å². The van der Waals surface area contributed by atoms with Crippen LogP contribution in [-0.4, -0.2) is 48.5 Å². The molecule has 3 aromatic rings. The van der Waals surface area contributed by atoms with Crippen molar-refractivity contribution in [2.24, 2.45) is 0 Å². The lowest BCUT2D eigenvalue weighted by Gasteiger charge is -2.36. The molecule has 0 saturated heterocycles. The average molecular weight is 578 g/mol. The van der Waals surface area contributed by atoms with Crippen molar-refractivity contribution in [1.29, 1.82) is 0 Å². The number of nitrogens with zero attached hydrogens (tertiary/aromatic N) is 2. The molecule has 1 aromatic heterocycles. The molecular weight excluding hydrogens is 547 g/mol. The molecule has 0 atom stereocenters. The Kier molecular flexibility index (Phi) is 8.35. The van der Waals surface area contributed by atoms with Gasteiger partial charge in [0.25, 0.3) is 17.4 Å². The Hall–Kier alpha value is -3.93. The van der Waals surface area contributed by atoms with Gasteiger partial charge in [-0.05, 0) is 69.7 Å². The first kappa shape index (κ1) is 30.6. The second kappa shape index (κ2) is 10.9. The molecule has 2 amide bonds. The standard InChI is InChI=1S/C28H30F3N3O5S/c1-17-22(24(35)32-5)15-23(26(37)34(17)20-9-7-8-19(14-20)28(29,30)31)25(36)33(27(2,3)4)16-18-10-12-21(13-11-18)40(6,38)39/h7-15H,16H2,1-6H3,(H,32,35). The number of alkyl halides is 3. The molecule has 1 heterocycles. The molecule has 40 heavy (non-hydrogen) atoms. The predicted octanol–water partition coefficient (Wildman–Crippen LogP) is 4.37. The minimum absolute atomic E-state index is 0.0153. The monoisotopic (exact) mass is 577 g/mol. The van der Waals surface area contributed by atoms with Crippen LogP contribution in [0.5, 0.6) is 0 Å². The molecule has 0 fully saturated rings. The summed E-state index contributed by atoms with van der Waals surface area (Å²) in [6.07, 6.45) is -3.61. The highest BCUT2D eigenvalue weighted by atomic mass is 32.2. The maximum atomic E-state index is 13.9. The van der Waals surface area contributed by atoms with E-state index in [2.05, 4.69) is 5.32 Å². The lowest BCUT2D eigenvalue weighted by molar-refractivity contribution is -0.137. The molecule has 0 bridgehead atoms. The van der Waals surface area contributed by atoms with Crippen LogP contribution in [0.2, 0.25) is 0 Å². The molecule has 3 rings (SSSR count). The zero-order chi connectivity index (χ0) is 30.2. The number of halogens is 3. The minimum Gasteiger partial charge on any atom is -0.355 e. The first-order valence-electron chi connectivity index (χ1n) is 12.1. The number of sulfone groups is 1. The Morgan fingerprint density at radius 2 is 1.57 bits per heavy atom. The van der Waals surface area contributed by atoms with Crippen LogP contribution in [0.15, 0.2) is 64.3 Å². The van der Waals surface area contributed by atoms with Gasteiger partial charge >= 0.3 is 6.18 Å². The smallest absolute Gasteiger partial charge is 0.355 e. The third kappa shape index (κ3) is 6.44. The predicted molar refractivity (Wildman–Crippen MR) is 144 cm³/mol. The SMILES string of the molecule is CNC(=O)c1cc(C(=O)N(Cc2ccc(S(C)(=O)=O)cc2)C(C)(C)C)c(=O)n(-c2cccc(C(F)(F)F)c2)c1C. The Morgan fingerprint density at radius 1 is 0.975 bits per heavy atom. The number of aromatic nitrogens is 1. The lowest BCUT2D eigenvalue weighted by Crippen LogP contribution is -2.47. The van der Waals surface area contributed by atoms with Gasteiger partial charge < -0.3 is 10.2 Å². The molecule has 2 aromatic carbocycles. The molecule has 214 valence electrons. The number of rotatable bonds is 6. The number of nitrogens with one attached hydrogen (secondary N) is 1. The minimum atomic E-state index is -4.68. The number of pyridine rings is 1. The fourth-order valence-electron chi connectivity index (χ4n) is 4.14. The summed E-state index contributed by atoms with van der Waals surface area (Å²) in [6, 6.07) is 11.1. The van der Waals surface area contributed by atoms with Crippen molar-refractivity contribution in [3.05, 3.63) is 92.9 Å². The quantitative estimate of drug-likeness (QED) is 0.469. The van der Waals surface area contributed by atoms with Crippen LogP contribution in [0, 0.1) is 6.92 Å². The summed E-state index contributed by atoms with van der Waals surface area (Å²) in [5.74, 6) is -1.39. The third-order valence-electron chi connectivity index (χ3n) is 6.33. The van der Waals surface area contributed by atoms with Gasteiger partial charge in [-0.1, -0.05) is 18.2 Å². The number of carbonyl (C=O) groups excluding carboxylic acids is 2. The van der Waals surface area contributed by atoms with E-state index in [0.29, 0.717) is 5.56 Å². The number of benzene rings is 2. The van der Waals surface area contributed by atoms with Gasteiger partial charge in [-0.15, -0.1) is 0 Å². The first-order valence-corrected chi connectivity index (χ1v) is 14.0. The van der Waals surface area contributed by atoms with Crippen molar-refractivity contribution in [2.75, 3.05) is 13.3 Å². The fourth-order valence-corrected chi connectivity index (χ4v) is 4.77. The molecule has 0 saturated carbocycles. The third-order valence-corrected chi connectivity index (χ3v) is 7.46. The van der Waals surface area contributed by atoms with E-state index in [1.165, 1.54) is 37.1 Å². The molecule has 0 aliphatic rings. The van der Waals surface area contributed by atoms with Crippen LogP contribution in [0.4, 0.5) is 13.2 Å². The normalized spacial score (nSPS) is 12.2. The van der Waals surface area contributed by atoms with Crippen molar-refractivity contribution in [3.63, 3.8) is 0 Å². The van der Waals surface area contributed by atoms with Crippen LogP contribution < -0.4 is 10.9 Å². The number of hydrogen-bond donors (Lipinski definition) is 1. The highest BCUT2D eigenvalue weighted by Gasteiger charge is 2.33. The molecule has 12 heteroatoms.